The third-order valence-corrected chi connectivity index (χ3v) is 5.02. The Morgan fingerprint density at radius 3 is 2.05 bits per heavy atom. The average Bonchev–Trinajstić information content (AvgIpc) is 2.40. The Balaban J connectivity index is 2.87. The summed E-state index contributed by atoms with van der Waals surface area (Å²) < 4.78 is 25.8. The summed E-state index contributed by atoms with van der Waals surface area (Å²) in [5.41, 5.74) is 0.992. The number of nitrogens with zero attached hydrogens (tertiary/aromatic N) is 2. The Hall–Kier alpha value is -1.40. The van der Waals surface area contributed by atoms with Crippen molar-refractivity contribution in [2.45, 2.75) is 25.7 Å². The van der Waals surface area contributed by atoms with Crippen LogP contribution in [0.3, 0.4) is 0 Å². The number of benzene rings is 1. The van der Waals surface area contributed by atoms with Crippen LogP contribution in [0.25, 0.3) is 0 Å². The number of hydrogen-bond donors (Lipinski definition) is 0. The molecule has 6 heteroatoms. The molecule has 0 spiro atoms. The smallest absolute Gasteiger partial charge is 0.243 e. The zero-order valence-corrected chi connectivity index (χ0v) is 13.3. The molecule has 1 rings (SSSR count). The number of sulfonamides is 1. The Labute approximate surface area is 121 Å². The zero-order valence-electron chi connectivity index (χ0n) is 12.5. The summed E-state index contributed by atoms with van der Waals surface area (Å²) in [6.45, 7) is 6.65. The van der Waals surface area contributed by atoms with Gasteiger partial charge in [0.1, 0.15) is 0 Å². The van der Waals surface area contributed by atoms with Gasteiger partial charge in [-0.05, 0) is 32.9 Å². The van der Waals surface area contributed by atoms with Gasteiger partial charge in [-0.1, -0.05) is 17.7 Å². The van der Waals surface area contributed by atoms with E-state index in [1.807, 2.05) is 20.8 Å². The molecule has 0 aliphatic rings. The second-order valence-electron chi connectivity index (χ2n) is 4.64. The maximum absolute atomic E-state index is 12.3. The highest BCUT2D eigenvalue weighted by Crippen LogP contribution is 2.15. The predicted molar refractivity (Wildman–Crippen MR) is 78.9 cm³/mol. The number of aryl methyl sites for hydroxylation is 1. The minimum atomic E-state index is -3.61. The highest BCUT2D eigenvalue weighted by molar-refractivity contribution is 7.89. The molecule has 0 N–H and O–H groups in total. The van der Waals surface area contributed by atoms with Crippen LogP contribution in [0.1, 0.15) is 19.4 Å². The number of likely N-dealkylation sites (N-methyl/N-ethyl adjacent to an activating group) is 2. The number of rotatable bonds is 6. The van der Waals surface area contributed by atoms with Crippen LogP contribution in [0.4, 0.5) is 0 Å². The lowest BCUT2D eigenvalue weighted by Crippen LogP contribution is -2.40. The first-order valence-electron chi connectivity index (χ1n) is 6.63. The van der Waals surface area contributed by atoms with Crippen LogP contribution in [0.2, 0.25) is 0 Å². The third kappa shape index (κ3) is 3.80. The zero-order chi connectivity index (χ0) is 15.3. The maximum Gasteiger partial charge on any atom is 0.243 e. The molecule has 0 bridgehead atoms. The Bertz CT molecular complexity index is 548. The fourth-order valence-corrected chi connectivity index (χ4v) is 2.96. The van der Waals surface area contributed by atoms with E-state index in [0.717, 1.165) is 9.87 Å². The van der Waals surface area contributed by atoms with Crippen LogP contribution in [-0.2, 0) is 14.8 Å². The molecule has 5 nitrogen and oxygen atoms in total. The van der Waals surface area contributed by atoms with Gasteiger partial charge in [0.25, 0.3) is 0 Å². The summed E-state index contributed by atoms with van der Waals surface area (Å²) in [5, 5.41) is 0. The quantitative estimate of drug-likeness (QED) is 0.799. The molecular weight excluding hydrogens is 276 g/mol. The van der Waals surface area contributed by atoms with Crippen molar-refractivity contribution in [2.75, 3.05) is 26.7 Å². The first-order valence-corrected chi connectivity index (χ1v) is 8.07. The van der Waals surface area contributed by atoms with E-state index in [2.05, 4.69) is 0 Å². The molecule has 1 aromatic carbocycles. The van der Waals surface area contributed by atoms with Crippen molar-refractivity contribution in [2.24, 2.45) is 0 Å². The summed E-state index contributed by atoms with van der Waals surface area (Å²) in [7, 11) is -2.19. The van der Waals surface area contributed by atoms with E-state index in [0.29, 0.717) is 13.1 Å². The minimum Gasteiger partial charge on any atom is -0.342 e. The largest absolute Gasteiger partial charge is 0.342 e. The molecule has 0 aliphatic carbocycles. The van der Waals surface area contributed by atoms with Crippen molar-refractivity contribution in [1.29, 1.82) is 0 Å². The predicted octanol–water partition coefficient (Wildman–Crippen LogP) is 1.48. The summed E-state index contributed by atoms with van der Waals surface area (Å²) in [6, 6.07) is 6.60. The number of amides is 1. The summed E-state index contributed by atoms with van der Waals surface area (Å²) in [4.78, 5) is 13.8. The first-order chi connectivity index (χ1) is 9.32. The van der Waals surface area contributed by atoms with E-state index in [1.165, 1.54) is 7.05 Å². The molecule has 0 radical (unpaired) electrons. The lowest BCUT2D eigenvalue weighted by Gasteiger charge is -2.23. The van der Waals surface area contributed by atoms with Crippen molar-refractivity contribution in [3.63, 3.8) is 0 Å². The Morgan fingerprint density at radius 1 is 1.10 bits per heavy atom. The van der Waals surface area contributed by atoms with Gasteiger partial charge < -0.3 is 4.90 Å². The molecule has 0 saturated carbocycles. The fraction of sp³-hybridized carbons (Fsp3) is 0.500. The molecule has 1 aromatic rings. The maximum atomic E-state index is 12.3. The highest BCUT2D eigenvalue weighted by Gasteiger charge is 2.24. The number of carbonyl (C=O) groups is 1. The van der Waals surface area contributed by atoms with Crippen LogP contribution >= 0.6 is 0 Å². The van der Waals surface area contributed by atoms with Crippen molar-refractivity contribution in [1.82, 2.24) is 9.21 Å². The molecule has 0 saturated heterocycles. The van der Waals surface area contributed by atoms with Gasteiger partial charge in [-0.2, -0.15) is 4.31 Å². The Morgan fingerprint density at radius 2 is 1.60 bits per heavy atom. The molecule has 0 fully saturated rings. The van der Waals surface area contributed by atoms with Gasteiger partial charge in [0.15, 0.2) is 0 Å². The number of hydrogen-bond acceptors (Lipinski definition) is 3. The lowest BCUT2D eigenvalue weighted by atomic mass is 10.2. The summed E-state index contributed by atoms with van der Waals surface area (Å²) in [6.07, 6.45) is 0. The highest BCUT2D eigenvalue weighted by atomic mass is 32.2. The topological polar surface area (TPSA) is 57.7 Å². The number of carbonyl (C=O) groups excluding carboxylic acids is 1. The van der Waals surface area contributed by atoms with Crippen molar-refractivity contribution < 1.29 is 13.2 Å². The van der Waals surface area contributed by atoms with Crippen LogP contribution in [0.5, 0.6) is 0 Å². The summed E-state index contributed by atoms with van der Waals surface area (Å²) in [5.74, 6) is -0.187. The average molecular weight is 298 g/mol. The monoisotopic (exact) mass is 298 g/mol. The van der Waals surface area contributed by atoms with Crippen molar-refractivity contribution in [3.8, 4) is 0 Å². The summed E-state index contributed by atoms with van der Waals surface area (Å²) >= 11 is 0. The van der Waals surface area contributed by atoms with Crippen LogP contribution in [-0.4, -0.2) is 50.2 Å². The second-order valence-corrected chi connectivity index (χ2v) is 6.69. The van der Waals surface area contributed by atoms with Crippen LogP contribution < -0.4 is 0 Å². The van der Waals surface area contributed by atoms with Crippen LogP contribution in [0, 0.1) is 6.92 Å². The molecule has 0 aromatic heterocycles. The lowest BCUT2D eigenvalue weighted by molar-refractivity contribution is -0.130. The van der Waals surface area contributed by atoms with E-state index in [-0.39, 0.29) is 17.3 Å². The normalized spacial score (nSPS) is 11.7. The van der Waals surface area contributed by atoms with Gasteiger partial charge >= 0.3 is 0 Å². The molecule has 112 valence electrons. The van der Waals surface area contributed by atoms with Gasteiger partial charge in [0.05, 0.1) is 11.4 Å². The minimum absolute atomic E-state index is 0.141. The van der Waals surface area contributed by atoms with Gasteiger partial charge in [0.2, 0.25) is 15.9 Å². The van der Waals surface area contributed by atoms with Gasteiger partial charge in [-0.25, -0.2) is 8.42 Å². The molecule has 1 amide bonds. The van der Waals surface area contributed by atoms with Crippen molar-refractivity contribution >= 4 is 15.9 Å². The van der Waals surface area contributed by atoms with E-state index in [9.17, 15) is 13.2 Å². The van der Waals surface area contributed by atoms with E-state index < -0.39 is 10.0 Å². The second kappa shape index (κ2) is 6.85. The van der Waals surface area contributed by atoms with Gasteiger partial charge in [-0.3, -0.25) is 4.79 Å². The molecule has 0 atom stereocenters. The Kier molecular flexibility index (Phi) is 5.71. The molecule has 20 heavy (non-hydrogen) atoms. The molecular formula is C14H22N2O3S. The fourth-order valence-electron chi connectivity index (χ4n) is 1.84. The third-order valence-electron chi connectivity index (χ3n) is 3.20. The van der Waals surface area contributed by atoms with Gasteiger partial charge in [0, 0.05) is 20.1 Å². The van der Waals surface area contributed by atoms with E-state index >= 15 is 0 Å². The molecule has 0 heterocycles. The first kappa shape index (κ1) is 16.7. The van der Waals surface area contributed by atoms with Crippen LogP contribution in [0.15, 0.2) is 29.2 Å². The van der Waals surface area contributed by atoms with Gasteiger partial charge in [-0.15, -0.1) is 0 Å². The standard InChI is InChI=1S/C14H22N2O3S/c1-5-16(6-2)14(17)11-15(4)20(18,19)13-9-7-12(3)8-10-13/h7-10H,5-6,11H2,1-4H3. The SMILES string of the molecule is CCN(CC)C(=O)CN(C)S(=O)(=O)c1ccc(C)cc1. The van der Waals surface area contributed by atoms with E-state index in [1.54, 1.807) is 29.2 Å². The van der Waals surface area contributed by atoms with E-state index in [4.69, 9.17) is 0 Å². The van der Waals surface area contributed by atoms with Crippen molar-refractivity contribution in [3.05, 3.63) is 29.8 Å². The molecule has 0 aliphatic heterocycles. The molecule has 0 unspecified atom stereocenters.